The van der Waals surface area contributed by atoms with Gasteiger partial charge in [-0.25, -0.2) is 10.2 Å². The van der Waals surface area contributed by atoms with Crippen LogP contribution in [0.25, 0.3) is 10.8 Å². The standard InChI is InChI=1S/C26H17Cl2N3O4/c27-17-10-12-18(13-11-17)30-24(32)25(33)31-29-15-21-19-6-2-1-5-16(19)9-14-23(21)35-26(34)20-7-3-4-8-22(20)28/h1-15H,(H,30,32)(H,31,33)/b29-15-. The van der Waals surface area contributed by atoms with Crippen molar-refractivity contribution in [1.82, 2.24) is 5.43 Å². The Morgan fingerprint density at radius 2 is 1.51 bits per heavy atom. The Morgan fingerprint density at radius 3 is 2.29 bits per heavy atom. The molecule has 9 heteroatoms. The number of carbonyl (C=O) groups is 3. The lowest BCUT2D eigenvalue weighted by Crippen LogP contribution is -2.32. The number of hydrogen-bond acceptors (Lipinski definition) is 5. The minimum absolute atomic E-state index is 0.206. The van der Waals surface area contributed by atoms with Crippen LogP contribution in [-0.4, -0.2) is 24.0 Å². The van der Waals surface area contributed by atoms with Gasteiger partial charge in [-0.1, -0.05) is 65.7 Å². The van der Waals surface area contributed by atoms with E-state index in [2.05, 4.69) is 15.8 Å². The molecule has 7 nitrogen and oxygen atoms in total. The van der Waals surface area contributed by atoms with Crippen LogP contribution in [-0.2, 0) is 9.59 Å². The number of hydrogen-bond donors (Lipinski definition) is 2. The van der Waals surface area contributed by atoms with Crippen molar-refractivity contribution >= 4 is 63.7 Å². The predicted molar refractivity (Wildman–Crippen MR) is 136 cm³/mol. The van der Waals surface area contributed by atoms with Gasteiger partial charge in [-0.15, -0.1) is 0 Å². The van der Waals surface area contributed by atoms with E-state index in [0.717, 1.165) is 10.8 Å². The van der Waals surface area contributed by atoms with Crippen molar-refractivity contribution in [2.24, 2.45) is 5.10 Å². The molecule has 35 heavy (non-hydrogen) atoms. The van der Waals surface area contributed by atoms with Crippen molar-refractivity contribution in [3.63, 3.8) is 0 Å². The van der Waals surface area contributed by atoms with Crippen LogP contribution in [0.3, 0.4) is 0 Å². The number of nitrogens with one attached hydrogen (secondary N) is 2. The monoisotopic (exact) mass is 505 g/mol. The molecule has 0 fully saturated rings. The molecule has 0 saturated heterocycles. The highest BCUT2D eigenvalue weighted by molar-refractivity contribution is 6.39. The molecule has 4 aromatic carbocycles. The van der Waals surface area contributed by atoms with Gasteiger partial charge in [0.2, 0.25) is 0 Å². The van der Waals surface area contributed by atoms with Crippen LogP contribution in [0.5, 0.6) is 5.75 Å². The fraction of sp³-hybridized carbons (Fsp3) is 0. The zero-order chi connectivity index (χ0) is 24.8. The van der Waals surface area contributed by atoms with Gasteiger partial charge in [-0.3, -0.25) is 9.59 Å². The van der Waals surface area contributed by atoms with Crippen molar-refractivity contribution in [2.75, 3.05) is 5.32 Å². The maximum Gasteiger partial charge on any atom is 0.345 e. The first-order chi connectivity index (χ1) is 16.9. The minimum Gasteiger partial charge on any atom is -0.422 e. The number of anilines is 1. The minimum atomic E-state index is -0.981. The highest BCUT2D eigenvalue weighted by Gasteiger charge is 2.16. The summed E-state index contributed by atoms with van der Waals surface area (Å²) in [5.41, 5.74) is 3.22. The lowest BCUT2D eigenvalue weighted by atomic mass is 10.0. The summed E-state index contributed by atoms with van der Waals surface area (Å²) < 4.78 is 5.60. The van der Waals surface area contributed by atoms with E-state index in [-0.39, 0.29) is 16.3 Å². The van der Waals surface area contributed by atoms with Crippen molar-refractivity contribution in [3.8, 4) is 5.75 Å². The lowest BCUT2D eigenvalue weighted by molar-refractivity contribution is -0.136. The van der Waals surface area contributed by atoms with Gasteiger partial charge in [0.25, 0.3) is 0 Å². The predicted octanol–water partition coefficient (Wildman–Crippen LogP) is 5.45. The third kappa shape index (κ3) is 5.84. The molecule has 0 radical (unpaired) electrons. The number of benzene rings is 4. The molecule has 0 unspecified atom stereocenters. The number of hydrazone groups is 1. The number of halogens is 2. The number of rotatable bonds is 5. The molecule has 0 aliphatic carbocycles. The van der Waals surface area contributed by atoms with Crippen LogP contribution in [0.2, 0.25) is 10.0 Å². The molecule has 0 spiro atoms. The first-order valence-electron chi connectivity index (χ1n) is 10.3. The van der Waals surface area contributed by atoms with E-state index >= 15 is 0 Å². The number of esters is 1. The average Bonchev–Trinajstić information content (AvgIpc) is 2.86. The lowest BCUT2D eigenvalue weighted by Gasteiger charge is -2.11. The summed E-state index contributed by atoms with van der Waals surface area (Å²) >= 11 is 11.9. The fourth-order valence-corrected chi connectivity index (χ4v) is 3.55. The van der Waals surface area contributed by atoms with E-state index in [1.165, 1.54) is 6.21 Å². The smallest absolute Gasteiger partial charge is 0.345 e. The van der Waals surface area contributed by atoms with Gasteiger partial charge in [0.15, 0.2) is 0 Å². The van der Waals surface area contributed by atoms with Gasteiger partial charge >= 0.3 is 17.8 Å². The zero-order valence-electron chi connectivity index (χ0n) is 18.0. The highest BCUT2D eigenvalue weighted by atomic mass is 35.5. The number of carbonyl (C=O) groups excluding carboxylic acids is 3. The Kier molecular flexibility index (Phi) is 7.40. The van der Waals surface area contributed by atoms with E-state index < -0.39 is 17.8 Å². The van der Waals surface area contributed by atoms with Crippen molar-refractivity contribution in [3.05, 3.63) is 106 Å². The maximum atomic E-state index is 12.7. The molecule has 2 N–H and O–H groups in total. The van der Waals surface area contributed by atoms with Crippen LogP contribution in [0.15, 0.2) is 90.0 Å². The summed E-state index contributed by atoms with van der Waals surface area (Å²) in [7, 11) is 0. The van der Waals surface area contributed by atoms with Crippen LogP contribution < -0.4 is 15.5 Å². The van der Waals surface area contributed by atoms with Gasteiger partial charge in [0.05, 0.1) is 16.8 Å². The number of ether oxygens (including phenoxy) is 1. The number of amides is 2. The normalized spacial score (nSPS) is 10.8. The molecule has 0 aromatic heterocycles. The summed E-state index contributed by atoms with van der Waals surface area (Å²) in [5, 5.41) is 8.68. The molecule has 0 heterocycles. The third-order valence-corrected chi connectivity index (χ3v) is 5.48. The molecule has 4 aromatic rings. The Morgan fingerprint density at radius 1 is 0.800 bits per heavy atom. The Labute approximate surface area is 210 Å². The Hall–Kier alpha value is -4.20. The summed E-state index contributed by atoms with van der Waals surface area (Å²) in [4.78, 5) is 37.0. The van der Waals surface area contributed by atoms with Gasteiger partial charge in [-0.05, 0) is 53.2 Å². The van der Waals surface area contributed by atoms with E-state index in [4.69, 9.17) is 27.9 Å². The second-order valence-corrected chi connectivity index (χ2v) is 8.07. The quantitative estimate of drug-likeness (QED) is 0.124. The second-order valence-electron chi connectivity index (χ2n) is 7.23. The molecule has 2 amide bonds. The molecule has 0 saturated carbocycles. The average molecular weight is 506 g/mol. The summed E-state index contributed by atoms with van der Waals surface area (Å²) in [6, 6.07) is 23.6. The van der Waals surface area contributed by atoms with Crippen LogP contribution in [0.1, 0.15) is 15.9 Å². The first-order valence-corrected chi connectivity index (χ1v) is 11.1. The molecule has 4 rings (SSSR count). The zero-order valence-corrected chi connectivity index (χ0v) is 19.5. The van der Waals surface area contributed by atoms with Crippen molar-refractivity contribution in [1.29, 1.82) is 0 Å². The van der Waals surface area contributed by atoms with Gasteiger partial charge in [-0.2, -0.15) is 5.10 Å². The van der Waals surface area contributed by atoms with E-state index in [1.54, 1.807) is 60.7 Å². The molecule has 0 aliphatic rings. The van der Waals surface area contributed by atoms with Crippen molar-refractivity contribution < 1.29 is 19.1 Å². The van der Waals surface area contributed by atoms with Crippen LogP contribution in [0, 0.1) is 0 Å². The molecule has 0 aliphatic heterocycles. The molecule has 0 bridgehead atoms. The van der Waals surface area contributed by atoms with E-state index in [1.807, 2.05) is 24.3 Å². The second kappa shape index (κ2) is 10.8. The van der Waals surface area contributed by atoms with Crippen LogP contribution >= 0.6 is 23.2 Å². The van der Waals surface area contributed by atoms with Gasteiger partial charge in [0, 0.05) is 16.3 Å². The molecule has 174 valence electrons. The Bertz CT molecular complexity index is 1450. The van der Waals surface area contributed by atoms with E-state index in [9.17, 15) is 14.4 Å². The maximum absolute atomic E-state index is 12.7. The number of fused-ring (bicyclic) bond motifs is 1. The topological polar surface area (TPSA) is 96.9 Å². The van der Waals surface area contributed by atoms with Crippen molar-refractivity contribution in [2.45, 2.75) is 0 Å². The SMILES string of the molecule is O=C(N/N=C\c1c(OC(=O)c2ccccc2Cl)ccc2ccccc12)C(=O)Nc1ccc(Cl)cc1. The van der Waals surface area contributed by atoms with Gasteiger partial charge in [0.1, 0.15) is 5.75 Å². The molecular formula is C26H17Cl2N3O4. The summed E-state index contributed by atoms with van der Waals surface area (Å²) in [5.74, 6) is -2.33. The Balaban J connectivity index is 1.54. The highest BCUT2D eigenvalue weighted by Crippen LogP contribution is 2.28. The fourth-order valence-electron chi connectivity index (χ4n) is 3.21. The summed E-state index contributed by atoms with van der Waals surface area (Å²) in [6.07, 6.45) is 1.31. The first kappa shape index (κ1) is 23.9. The van der Waals surface area contributed by atoms with Crippen LogP contribution in [0.4, 0.5) is 5.69 Å². The number of nitrogens with zero attached hydrogens (tertiary/aromatic N) is 1. The largest absolute Gasteiger partial charge is 0.422 e. The molecule has 0 atom stereocenters. The molecular weight excluding hydrogens is 489 g/mol. The third-order valence-electron chi connectivity index (χ3n) is 4.90. The summed E-state index contributed by atoms with van der Waals surface area (Å²) in [6.45, 7) is 0. The van der Waals surface area contributed by atoms with E-state index in [0.29, 0.717) is 16.3 Å². The van der Waals surface area contributed by atoms with Gasteiger partial charge < -0.3 is 10.1 Å².